The maximum Gasteiger partial charge on any atom is 0.242 e. The number of nitrogens with zero attached hydrogens (tertiary/aromatic N) is 3. The topological polar surface area (TPSA) is 74.7 Å². The van der Waals surface area contributed by atoms with Crippen LogP contribution in [0.15, 0.2) is 45.7 Å². The van der Waals surface area contributed by atoms with Crippen molar-refractivity contribution < 1.29 is 8.42 Å². The van der Waals surface area contributed by atoms with E-state index in [1.165, 1.54) is 17.5 Å². The van der Waals surface area contributed by atoms with E-state index in [1.807, 2.05) is 0 Å². The van der Waals surface area contributed by atoms with E-state index >= 15 is 0 Å². The molecular weight excluding hydrogens is 372 g/mol. The highest BCUT2D eigenvalue weighted by Crippen LogP contribution is 2.43. The summed E-state index contributed by atoms with van der Waals surface area (Å²) < 4.78 is 28.5. The highest BCUT2D eigenvalue weighted by atomic mass is 32.2. The second-order valence-electron chi connectivity index (χ2n) is 9.81. The molecule has 0 amide bonds. The van der Waals surface area contributed by atoms with Crippen LogP contribution in [0.5, 0.6) is 0 Å². The summed E-state index contributed by atoms with van der Waals surface area (Å²) in [5.74, 6) is 1.03. The van der Waals surface area contributed by atoms with Gasteiger partial charge in [-0.05, 0) is 30.0 Å². The number of amidine groups is 1. The fraction of sp³-hybridized carbons (Fsp3) is 0.619. The predicted molar refractivity (Wildman–Crippen MR) is 113 cm³/mol. The highest BCUT2D eigenvalue weighted by molar-refractivity contribution is 7.89. The van der Waals surface area contributed by atoms with Crippen LogP contribution in [0, 0.1) is 10.8 Å². The van der Waals surface area contributed by atoms with Gasteiger partial charge in [0.1, 0.15) is 10.7 Å². The standard InChI is InChI=1S/C21H32N4O2S/c1-14-18(20(2,3)4)17-11-15(13-25(17)19(23-14)21(5,6)7)24-28(26,27)16-9-8-10-22-12-16/h8-10,12,14-15,24H,11,13H2,1-7H3/t14-,15?/m0/s1. The first-order chi connectivity index (χ1) is 12.8. The highest BCUT2D eigenvalue weighted by Gasteiger charge is 2.43. The molecule has 2 aliphatic heterocycles. The van der Waals surface area contributed by atoms with E-state index in [0.29, 0.717) is 13.0 Å². The average Bonchev–Trinajstić information content (AvgIpc) is 2.94. The first kappa shape index (κ1) is 21.0. The Balaban J connectivity index is 1.96. The zero-order valence-corrected chi connectivity index (χ0v) is 18.8. The van der Waals surface area contributed by atoms with E-state index in [9.17, 15) is 8.42 Å². The van der Waals surface area contributed by atoms with Gasteiger partial charge in [0, 0.05) is 42.5 Å². The molecule has 1 unspecified atom stereocenters. The molecule has 0 aliphatic carbocycles. The van der Waals surface area contributed by atoms with E-state index in [1.54, 1.807) is 18.3 Å². The molecule has 1 fully saturated rings. The minimum atomic E-state index is -3.61. The van der Waals surface area contributed by atoms with Crippen molar-refractivity contribution in [3.63, 3.8) is 0 Å². The van der Waals surface area contributed by atoms with Gasteiger partial charge >= 0.3 is 0 Å². The van der Waals surface area contributed by atoms with Crippen molar-refractivity contribution in [3.8, 4) is 0 Å². The van der Waals surface area contributed by atoms with E-state index in [4.69, 9.17) is 4.99 Å². The number of rotatable bonds is 3. The minimum Gasteiger partial charge on any atom is -0.332 e. The molecule has 0 bridgehead atoms. The quantitative estimate of drug-likeness (QED) is 0.835. The fourth-order valence-corrected chi connectivity index (χ4v) is 5.49. The van der Waals surface area contributed by atoms with Gasteiger partial charge in [-0.1, -0.05) is 41.5 Å². The number of aromatic nitrogens is 1. The second-order valence-corrected chi connectivity index (χ2v) is 11.5. The number of sulfonamides is 1. The molecule has 6 nitrogen and oxygen atoms in total. The summed E-state index contributed by atoms with van der Waals surface area (Å²) in [7, 11) is -3.61. The van der Waals surface area contributed by atoms with Crippen molar-refractivity contribution >= 4 is 15.9 Å². The van der Waals surface area contributed by atoms with Gasteiger partial charge in [0.05, 0.1) is 6.04 Å². The molecule has 28 heavy (non-hydrogen) atoms. The van der Waals surface area contributed by atoms with Crippen LogP contribution in [0.1, 0.15) is 54.9 Å². The lowest BCUT2D eigenvalue weighted by Gasteiger charge is -2.41. The molecule has 0 spiro atoms. The van der Waals surface area contributed by atoms with E-state index in [2.05, 4.69) is 63.1 Å². The third-order valence-electron chi connectivity index (χ3n) is 5.21. The summed E-state index contributed by atoms with van der Waals surface area (Å²) in [4.78, 5) is 11.4. The van der Waals surface area contributed by atoms with E-state index in [0.717, 1.165) is 5.84 Å². The van der Waals surface area contributed by atoms with Crippen LogP contribution in [-0.2, 0) is 10.0 Å². The summed E-state index contributed by atoms with van der Waals surface area (Å²) in [5, 5.41) is 0. The van der Waals surface area contributed by atoms with Crippen LogP contribution in [0.2, 0.25) is 0 Å². The van der Waals surface area contributed by atoms with Crippen molar-refractivity contribution in [1.29, 1.82) is 0 Å². The SMILES string of the molecule is C[C@@H]1N=C(C(C)(C)C)N2CC(NS(=O)(=O)c3cccnc3)CC2=C1C(C)(C)C. The molecule has 1 saturated heterocycles. The van der Waals surface area contributed by atoms with Gasteiger partial charge in [-0.15, -0.1) is 0 Å². The summed E-state index contributed by atoms with van der Waals surface area (Å²) in [6.45, 7) is 15.8. The Bertz CT molecular complexity index is 906. The largest absolute Gasteiger partial charge is 0.332 e. The normalized spacial score (nSPS) is 23.7. The average molecular weight is 405 g/mol. The first-order valence-corrected chi connectivity index (χ1v) is 11.3. The molecule has 1 aromatic rings. The van der Waals surface area contributed by atoms with Gasteiger partial charge < -0.3 is 4.90 Å². The molecule has 0 radical (unpaired) electrons. The second kappa shape index (κ2) is 6.95. The number of aliphatic imine (C=N–C) groups is 1. The summed E-state index contributed by atoms with van der Waals surface area (Å²) in [6.07, 6.45) is 3.63. The lowest BCUT2D eigenvalue weighted by atomic mass is 9.79. The molecule has 154 valence electrons. The third-order valence-corrected chi connectivity index (χ3v) is 6.72. The van der Waals surface area contributed by atoms with Gasteiger partial charge in [0.15, 0.2) is 0 Å². The molecule has 3 rings (SSSR count). The number of nitrogens with one attached hydrogen (secondary N) is 1. The summed E-state index contributed by atoms with van der Waals surface area (Å²) >= 11 is 0. The van der Waals surface area contributed by atoms with Crippen LogP contribution in [0.4, 0.5) is 0 Å². The van der Waals surface area contributed by atoms with Crippen molar-refractivity contribution in [1.82, 2.24) is 14.6 Å². The molecular formula is C21H32N4O2S. The van der Waals surface area contributed by atoms with Crippen LogP contribution < -0.4 is 4.72 Å². The Labute approximate surface area is 169 Å². The third kappa shape index (κ3) is 4.01. The molecule has 2 aliphatic rings. The van der Waals surface area contributed by atoms with Gasteiger partial charge in [0.25, 0.3) is 0 Å². The van der Waals surface area contributed by atoms with Crippen molar-refractivity contribution in [2.75, 3.05) is 6.54 Å². The maximum absolute atomic E-state index is 12.8. The van der Waals surface area contributed by atoms with Gasteiger partial charge in [-0.3, -0.25) is 9.98 Å². The molecule has 0 saturated carbocycles. The van der Waals surface area contributed by atoms with Crippen LogP contribution in [0.25, 0.3) is 0 Å². The molecule has 1 N–H and O–H groups in total. The number of pyridine rings is 1. The van der Waals surface area contributed by atoms with Gasteiger partial charge in [-0.25, -0.2) is 13.1 Å². The fourth-order valence-electron chi connectivity index (χ4n) is 4.30. The lowest BCUT2D eigenvalue weighted by Crippen LogP contribution is -2.45. The molecule has 3 heterocycles. The van der Waals surface area contributed by atoms with Gasteiger partial charge in [-0.2, -0.15) is 0 Å². The smallest absolute Gasteiger partial charge is 0.242 e. The zero-order chi connectivity index (χ0) is 20.9. The van der Waals surface area contributed by atoms with Gasteiger partial charge in [0.2, 0.25) is 10.0 Å². The Morgan fingerprint density at radius 1 is 1.14 bits per heavy atom. The summed E-state index contributed by atoms with van der Waals surface area (Å²) in [6, 6.07) is 3.10. The lowest BCUT2D eigenvalue weighted by molar-refractivity contribution is 0.393. The Hall–Kier alpha value is -1.73. The zero-order valence-electron chi connectivity index (χ0n) is 17.9. The van der Waals surface area contributed by atoms with Crippen LogP contribution in [0.3, 0.4) is 0 Å². The Morgan fingerprint density at radius 3 is 2.36 bits per heavy atom. The molecule has 2 atom stereocenters. The van der Waals surface area contributed by atoms with E-state index in [-0.39, 0.29) is 27.8 Å². The first-order valence-electron chi connectivity index (χ1n) is 9.82. The monoisotopic (exact) mass is 404 g/mol. The molecule has 1 aromatic heterocycles. The molecule has 7 heteroatoms. The Morgan fingerprint density at radius 2 is 1.82 bits per heavy atom. The van der Waals surface area contributed by atoms with Crippen molar-refractivity contribution in [2.24, 2.45) is 15.8 Å². The van der Waals surface area contributed by atoms with E-state index < -0.39 is 10.0 Å². The maximum atomic E-state index is 12.8. The van der Waals surface area contributed by atoms with Crippen LogP contribution >= 0.6 is 0 Å². The number of hydrogen-bond acceptors (Lipinski definition) is 5. The number of fused-ring (bicyclic) bond motifs is 1. The van der Waals surface area contributed by atoms with Crippen molar-refractivity contribution in [3.05, 3.63) is 35.8 Å². The van der Waals surface area contributed by atoms with Crippen molar-refractivity contribution in [2.45, 2.75) is 71.9 Å². The predicted octanol–water partition coefficient (Wildman–Crippen LogP) is 3.58. The number of hydrogen-bond donors (Lipinski definition) is 1. The Kier molecular flexibility index (Phi) is 5.21. The van der Waals surface area contributed by atoms with Crippen LogP contribution in [-0.4, -0.2) is 42.8 Å². The molecule has 0 aromatic carbocycles. The summed E-state index contributed by atoms with van der Waals surface area (Å²) in [5.41, 5.74) is 2.37. The minimum absolute atomic E-state index is 0.0307.